The van der Waals surface area contributed by atoms with Gasteiger partial charge in [0.1, 0.15) is 12.5 Å². The molecule has 6 nitrogen and oxygen atoms in total. The van der Waals surface area contributed by atoms with Crippen LogP contribution in [0.1, 0.15) is 0 Å². The maximum Gasteiger partial charge on any atom is 0.267 e. The van der Waals surface area contributed by atoms with Crippen molar-refractivity contribution in [2.75, 3.05) is 22.4 Å². The Labute approximate surface area is 150 Å². The third-order valence-electron chi connectivity index (χ3n) is 4.12. The van der Waals surface area contributed by atoms with Gasteiger partial charge >= 0.3 is 0 Å². The summed E-state index contributed by atoms with van der Waals surface area (Å²) < 4.78 is 40.5. The molecule has 2 aromatic carbocycles. The van der Waals surface area contributed by atoms with E-state index in [2.05, 4.69) is 16.5 Å². The lowest BCUT2D eigenvalue weighted by molar-refractivity contribution is 0.590. The Morgan fingerprint density at radius 3 is 2.27 bits per heavy atom. The molecule has 26 heavy (non-hydrogen) atoms. The van der Waals surface area contributed by atoms with E-state index in [-0.39, 0.29) is 17.4 Å². The molecule has 3 aromatic rings. The second-order valence-corrected chi connectivity index (χ2v) is 7.68. The quantitative estimate of drug-likeness (QED) is 0.661. The molecular weight excluding hydrogens is 355 g/mol. The molecule has 0 spiro atoms. The second kappa shape index (κ2) is 6.06. The second-order valence-electron chi connectivity index (χ2n) is 5.82. The van der Waals surface area contributed by atoms with Crippen LogP contribution in [0.4, 0.5) is 16.0 Å². The number of para-hydroxylation sites is 2. The van der Waals surface area contributed by atoms with Gasteiger partial charge in [0, 0.05) is 6.54 Å². The van der Waals surface area contributed by atoms with Gasteiger partial charge in [-0.05, 0) is 36.4 Å². The number of hydrogen-bond donors (Lipinski definition) is 0. The Morgan fingerprint density at radius 2 is 1.65 bits per heavy atom. The van der Waals surface area contributed by atoms with Crippen molar-refractivity contribution in [1.82, 2.24) is 9.97 Å². The first kappa shape index (κ1) is 16.5. The number of aromatic nitrogens is 2. The Hall–Kier alpha value is -3.00. The summed E-state index contributed by atoms with van der Waals surface area (Å²) in [5.74, 6) is 0.244. The number of nitrogens with zero attached hydrogens (tertiary/aromatic N) is 4. The van der Waals surface area contributed by atoms with Crippen LogP contribution >= 0.6 is 0 Å². The van der Waals surface area contributed by atoms with Gasteiger partial charge in [-0.3, -0.25) is 0 Å². The van der Waals surface area contributed by atoms with Crippen molar-refractivity contribution in [3.63, 3.8) is 0 Å². The van der Waals surface area contributed by atoms with Crippen molar-refractivity contribution < 1.29 is 12.8 Å². The van der Waals surface area contributed by atoms with Gasteiger partial charge in [-0.2, -0.15) is 0 Å². The Bertz CT molecular complexity index is 1100. The number of anilines is 2. The summed E-state index contributed by atoms with van der Waals surface area (Å²) in [5, 5.41) is 0. The molecule has 0 atom stereocenters. The maximum atomic E-state index is 13.2. The molecule has 1 aromatic heterocycles. The first-order chi connectivity index (χ1) is 12.5. The normalized spacial score (nSPS) is 13.9. The largest absolute Gasteiger partial charge is 0.331 e. The van der Waals surface area contributed by atoms with E-state index in [1.54, 1.807) is 17.0 Å². The number of sulfonamides is 1. The number of hydrogen-bond acceptors (Lipinski definition) is 5. The zero-order chi connectivity index (χ0) is 18.3. The topological polar surface area (TPSA) is 66.4 Å². The SMILES string of the molecule is C=CCN1CN(S(=O)(=O)c2ccc(F)cc2)c2nc3ccccc3nc21. The fourth-order valence-electron chi connectivity index (χ4n) is 2.87. The van der Waals surface area contributed by atoms with Crippen molar-refractivity contribution >= 4 is 32.7 Å². The van der Waals surface area contributed by atoms with Gasteiger partial charge in [-0.25, -0.2) is 27.1 Å². The van der Waals surface area contributed by atoms with Crippen LogP contribution in [0.2, 0.25) is 0 Å². The van der Waals surface area contributed by atoms with E-state index in [0.717, 1.165) is 12.1 Å². The molecule has 4 rings (SSSR count). The summed E-state index contributed by atoms with van der Waals surface area (Å²) in [6.45, 7) is 4.21. The third-order valence-corrected chi connectivity index (χ3v) is 5.86. The van der Waals surface area contributed by atoms with Crippen LogP contribution in [0, 0.1) is 5.82 Å². The predicted octanol–water partition coefficient (Wildman–Crippen LogP) is 2.93. The van der Waals surface area contributed by atoms with Gasteiger partial charge in [0.15, 0.2) is 11.6 Å². The van der Waals surface area contributed by atoms with Crippen molar-refractivity contribution in [3.8, 4) is 0 Å². The predicted molar refractivity (Wildman–Crippen MR) is 98.0 cm³/mol. The first-order valence-electron chi connectivity index (χ1n) is 7.91. The fraction of sp³-hybridized carbons (Fsp3) is 0.111. The molecule has 0 fully saturated rings. The van der Waals surface area contributed by atoms with Crippen LogP contribution in [0.3, 0.4) is 0 Å². The van der Waals surface area contributed by atoms with Gasteiger partial charge in [-0.15, -0.1) is 6.58 Å². The maximum absolute atomic E-state index is 13.2. The van der Waals surface area contributed by atoms with Gasteiger partial charge < -0.3 is 4.90 Å². The smallest absolute Gasteiger partial charge is 0.267 e. The molecule has 0 unspecified atom stereocenters. The van der Waals surface area contributed by atoms with E-state index >= 15 is 0 Å². The zero-order valence-electron chi connectivity index (χ0n) is 13.7. The van der Waals surface area contributed by atoms with Gasteiger partial charge in [-0.1, -0.05) is 18.2 Å². The molecule has 132 valence electrons. The minimum absolute atomic E-state index is 0.000242. The van der Waals surface area contributed by atoms with E-state index in [9.17, 15) is 12.8 Å². The molecule has 0 N–H and O–H groups in total. The molecule has 1 aliphatic rings. The lowest BCUT2D eigenvalue weighted by Crippen LogP contribution is -2.35. The zero-order valence-corrected chi connectivity index (χ0v) is 14.5. The average molecular weight is 370 g/mol. The van der Waals surface area contributed by atoms with Crippen LogP contribution in [-0.2, 0) is 10.0 Å². The Morgan fingerprint density at radius 1 is 1.04 bits per heavy atom. The van der Waals surface area contributed by atoms with Gasteiger partial charge in [0.25, 0.3) is 10.0 Å². The molecule has 8 heteroatoms. The Kier molecular flexibility index (Phi) is 3.84. The highest BCUT2D eigenvalue weighted by atomic mass is 32.2. The van der Waals surface area contributed by atoms with Crippen molar-refractivity contribution in [2.24, 2.45) is 0 Å². The molecule has 0 amide bonds. The number of rotatable bonds is 4. The Balaban J connectivity index is 1.87. The van der Waals surface area contributed by atoms with E-state index < -0.39 is 15.8 Å². The molecule has 0 saturated heterocycles. The summed E-state index contributed by atoms with van der Waals surface area (Å²) in [4.78, 5) is 10.9. The monoisotopic (exact) mass is 370 g/mol. The minimum atomic E-state index is -3.90. The first-order valence-corrected chi connectivity index (χ1v) is 9.35. The lowest BCUT2D eigenvalue weighted by Gasteiger charge is -2.19. The number of fused-ring (bicyclic) bond motifs is 2. The van der Waals surface area contributed by atoms with E-state index in [1.807, 2.05) is 18.2 Å². The summed E-state index contributed by atoms with van der Waals surface area (Å²) in [5.41, 5.74) is 1.28. The highest BCUT2D eigenvalue weighted by Gasteiger charge is 2.37. The highest BCUT2D eigenvalue weighted by molar-refractivity contribution is 7.92. The minimum Gasteiger partial charge on any atom is -0.331 e. The average Bonchev–Trinajstić information content (AvgIpc) is 2.99. The van der Waals surface area contributed by atoms with Crippen LogP contribution in [0.25, 0.3) is 11.0 Å². The van der Waals surface area contributed by atoms with E-state index in [4.69, 9.17) is 0 Å². The van der Waals surface area contributed by atoms with Gasteiger partial charge in [0.2, 0.25) is 0 Å². The van der Waals surface area contributed by atoms with Crippen LogP contribution in [0.15, 0.2) is 66.1 Å². The third kappa shape index (κ3) is 2.59. The summed E-state index contributed by atoms with van der Waals surface area (Å²) in [7, 11) is -3.90. The molecule has 0 aliphatic carbocycles. The number of halogens is 1. The molecular formula is C18H15FN4O2S. The summed E-state index contributed by atoms with van der Waals surface area (Å²) in [6, 6.07) is 12.0. The van der Waals surface area contributed by atoms with Crippen LogP contribution in [0.5, 0.6) is 0 Å². The highest BCUT2D eigenvalue weighted by Crippen LogP contribution is 2.37. The summed E-state index contributed by atoms with van der Waals surface area (Å²) in [6.07, 6.45) is 1.68. The summed E-state index contributed by atoms with van der Waals surface area (Å²) >= 11 is 0. The standard InChI is InChI=1S/C18H15FN4O2S/c1-2-11-22-12-23(26(24,25)14-9-7-13(19)8-10-14)18-17(22)20-15-5-3-4-6-16(15)21-18/h2-10H,1,11-12H2. The van der Waals surface area contributed by atoms with Crippen LogP contribution in [-0.4, -0.2) is 31.6 Å². The van der Waals surface area contributed by atoms with E-state index in [1.165, 1.54) is 16.4 Å². The molecule has 0 bridgehead atoms. The van der Waals surface area contributed by atoms with Crippen molar-refractivity contribution in [3.05, 3.63) is 67.0 Å². The van der Waals surface area contributed by atoms with Gasteiger partial charge in [0.05, 0.1) is 15.9 Å². The molecule has 2 heterocycles. The van der Waals surface area contributed by atoms with Crippen molar-refractivity contribution in [1.29, 1.82) is 0 Å². The molecule has 0 radical (unpaired) electrons. The molecule has 1 aliphatic heterocycles. The fourth-order valence-corrected chi connectivity index (χ4v) is 4.25. The van der Waals surface area contributed by atoms with Crippen molar-refractivity contribution in [2.45, 2.75) is 4.90 Å². The van der Waals surface area contributed by atoms with Crippen LogP contribution < -0.4 is 9.21 Å². The lowest BCUT2D eigenvalue weighted by atomic mass is 10.3. The van der Waals surface area contributed by atoms with E-state index in [0.29, 0.717) is 23.4 Å². The molecule has 0 saturated carbocycles. The number of benzene rings is 2.